The lowest BCUT2D eigenvalue weighted by Gasteiger charge is -2.12. The highest BCUT2D eigenvalue weighted by Crippen LogP contribution is 2.30. The number of aryl methyl sites for hydroxylation is 1. The zero-order valence-corrected chi connectivity index (χ0v) is 14.7. The van der Waals surface area contributed by atoms with Gasteiger partial charge in [0.2, 0.25) is 0 Å². The zero-order valence-electron chi connectivity index (χ0n) is 13.8. The average Bonchev–Trinajstić information content (AvgIpc) is 3.05. The lowest BCUT2D eigenvalue weighted by molar-refractivity contribution is -0.124. The lowest BCUT2D eigenvalue weighted by Crippen LogP contribution is -2.30. The van der Waals surface area contributed by atoms with Crippen LogP contribution in [0.1, 0.15) is 39.2 Å². The molecule has 0 radical (unpaired) electrons. The van der Waals surface area contributed by atoms with E-state index in [1.807, 2.05) is 5.38 Å². The molecule has 2 aromatic rings. The van der Waals surface area contributed by atoms with Crippen LogP contribution in [0.15, 0.2) is 29.6 Å². The predicted molar refractivity (Wildman–Crippen MR) is 94.4 cm³/mol. The number of hydrogen-bond acceptors (Lipinski definition) is 4. The number of fused-ring (bicyclic) bond motifs is 1. The van der Waals surface area contributed by atoms with Crippen molar-refractivity contribution in [2.75, 3.05) is 13.2 Å². The van der Waals surface area contributed by atoms with E-state index in [2.05, 4.69) is 5.32 Å². The summed E-state index contributed by atoms with van der Waals surface area (Å²) in [6.07, 6.45) is 4.55. The fourth-order valence-corrected chi connectivity index (χ4v) is 4.08. The molecule has 25 heavy (non-hydrogen) atoms. The van der Waals surface area contributed by atoms with E-state index in [0.29, 0.717) is 24.1 Å². The minimum atomic E-state index is -0.441. The van der Waals surface area contributed by atoms with Gasteiger partial charge in [-0.15, -0.1) is 11.3 Å². The smallest absolute Gasteiger partial charge is 0.339 e. The second-order valence-corrected chi connectivity index (χ2v) is 6.99. The largest absolute Gasteiger partial charge is 0.452 e. The maximum Gasteiger partial charge on any atom is 0.339 e. The van der Waals surface area contributed by atoms with E-state index >= 15 is 0 Å². The number of carbonyl (C=O) groups is 2. The standard InChI is InChI=1S/C19H20FNO3S/c20-16-7-3-1-5-13(16)9-10-21-18(22)11-24-19(23)15-12-25-17-8-4-2-6-14(15)17/h1,3,5,7,12H,2,4,6,8-11H2,(H,21,22). The third-order valence-corrected chi connectivity index (χ3v) is 5.38. The molecule has 132 valence electrons. The Balaban J connectivity index is 1.44. The number of esters is 1. The molecule has 1 aromatic heterocycles. The van der Waals surface area contributed by atoms with Crippen LogP contribution in [-0.4, -0.2) is 25.0 Å². The van der Waals surface area contributed by atoms with Gasteiger partial charge in [0.1, 0.15) is 5.82 Å². The maximum absolute atomic E-state index is 13.5. The number of benzene rings is 1. The molecular weight excluding hydrogens is 341 g/mol. The van der Waals surface area contributed by atoms with Crippen molar-refractivity contribution in [2.45, 2.75) is 32.1 Å². The molecule has 0 bridgehead atoms. The van der Waals surface area contributed by atoms with Crippen LogP contribution in [0.4, 0.5) is 4.39 Å². The Morgan fingerprint density at radius 1 is 1.20 bits per heavy atom. The molecule has 1 N–H and O–H groups in total. The minimum absolute atomic E-state index is 0.287. The molecule has 1 heterocycles. The fraction of sp³-hybridized carbons (Fsp3) is 0.368. The van der Waals surface area contributed by atoms with E-state index < -0.39 is 5.97 Å². The first kappa shape index (κ1) is 17.6. The molecule has 1 aliphatic rings. The summed E-state index contributed by atoms with van der Waals surface area (Å²) in [7, 11) is 0. The van der Waals surface area contributed by atoms with Crippen molar-refractivity contribution >= 4 is 23.2 Å². The van der Waals surface area contributed by atoms with Crippen molar-refractivity contribution in [3.8, 4) is 0 Å². The molecule has 0 saturated carbocycles. The van der Waals surface area contributed by atoms with Crippen molar-refractivity contribution in [2.24, 2.45) is 0 Å². The predicted octanol–water partition coefficient (Wildman–Crippen LogP) is 3.28. The molecule has 1 amide bonds. The molecule has 6 heteroatoms. The first-order chi connectivity index (χ1) is 12.1. The second kappa shape index (κ2) is 8.25. The fourth-order valence-electron chi connectivity index (χ4n) is 2.96. The summed E-state index contributed by atoms with van der Waals surface area (Å²) in [4.78, 5) is 25.2. The summed E-state index contributed by atoms with van der Waals surface area (Å²) < 4.78 is 18.6. The van der Waals surface area contributed by atoms with E-state index in [-0.39, 0.29) is 18.3 Å². The highest BCUT2D eigenvalue weighted by molar-refractivity contribution is 7.10. The number of hydrogen-bond donors (Lipinski definition) is 1. The Hall–Kier alpha value is -2.21. The number of nitrogens with one attached hydrogen (secondary N) is 1. The molecule has 4 nitrogen and oxygen atoms in total. The first-order valence-electron chi connectivity index (χ1n) is 8.41. The summed E-state index contributed by atoms with van der Waals surface area (Å²) in [5, 5.41) is 4.47. The van der Waals surface area contributed by atoms with Gasteiger partial charge in [0, 0.05) is 16.8 Å². The summed E-state index contributed by atoms with van der Waals surface area (Å²) in [6, 6.07) is 6.45. The Kier molecular flexibility index (Phi) is 5.81. The van der Waals surface area contributed by atoms with E-state index in [1.165, 1.54) is 10.9 Å². The third-order valence-electron chi connectivity index (χ3n) is 4.29. The monoisotopic (exact) mass is 361 g/mol. The first-order valence-corrected chi connectivity index (χ1v) is 9.29. The van der Waals surface area contributed by atoms with Gasteiger partial charge < -0.3 is 10.1 Å². The van der Waals surface area contributed by atoms with Crippen LogP contribution in [0.2, 0.25) is 0 Å². The van der Waals surface area contributed by atoms with Gasteiger partial charge >= 0.3 is 5.97 Å². The number of carbonyl (C=O) groups excluding carboxylic acids is 2. The molecule has 1 aromatic carbocycles. The van der Waals surface area contributed by atoms with E-state index in [1.54, 1.807) is 29.5 Å². The highest BCUT2D eigenvalue weighted by atomic mass is 32.1. The van der Waals surface area contributed by atoms with Crippen molar-refractivity contribution in [1.82, 2.24) is 5.32 Å². The van der Waals surface area contributed by atoms with Crippen molar-refractivity contribution < 1.29 is 18.7 Å². The van der Waals surface area contributed by atoms with Crippen LogP contribution in [0.3, 0.4) is 0 Å². The van der Waals surface area contributed by atoms with Crippen LogP contribution in [-0.2, 0) is 28.8 Å². The van der Waals surface area contributed by atoms with Crippen LogP contribution in [0, 0.1) is 5.82 Å². The molecule has 3 rings (SSSR count). The molecule has 0 spiro atoms. The number of ether oxygens (including phenoxy) is 1. The van der Waals surface area contributed by atoms with Gasteiger partial charge in [-0.05, 0) is 49.3 Å². The third kappa shape index (κ3) is 4.45. The number of thiophene rings is 1. The quantitative estimate of drug-likeness (QED) is 0.804. The SMILES string of the molecule is O=C(COC(=O)c1csc2c1CCCC2)NCCc1ccccc1F. The van der Waals surface area contributed by atoms with Crippen molar-refractivity contribution in [3.63, 3.8) is 0 Å². The summed E-state index contributed by atoms with van der Waals surface area (Å²) >= 11 is 1.59. The van der Waals surface area contributed by atoms with E-state index in [0.717, 1.165) is 31.2 Å². The Labute approximate surface area is 150 Å². The van der Waals surface area contributed by atoms with E-state index in [9.17, 15) is 14.0 Å². The topological polar surface area (TPSA) is 55.4 Å². The number of halogens is 1. The Morgan fingerprint density at radius 2 is 2.00 bits per heavy atom. The normalized spacial score (nSPS) is 13.2. The summed E-state index contributed by atoms with van der Waals surface area (Å²) in [5.41, 5.74) is 2.23. The number of rotatable bonds is 6. The molecule has 0 unspecified atom stereocenters. The van der Waals surface area contributed by atoms with E-state index in [4.69, 9.17) is 4.74 Å². The average molecular weight is 361 g/mol. The second-order valence-electron chi connectivity index (χ2n) is 6.03. The van der Waals surface area contributed by atoms with Gasteiger partial charge in [-0.3, -0.25) is 4.79 Å². The Bertz CT molecular complexity index is 772. The van der Waals surface area contributed by atoms with Gasteiger partial charge in [-0.2, -0.15) is 0 Å². The number of amides is 1. The molecule has 0 saturated heterocycles. The molecule has 0 aliphatic heterocycles. The van der Waals surface area contributed by atoms with Crippen LogP contribution >= 0.6 is 11.3 Å². The van der Waals surface area contributed by atoms with Gasteiger partial charge in [0.05, 0.1) is 5.56 Å². The molecule has 0 atom stereocenters. The van der Waals surface area contributed by atoms with Crippen molar-refractivity contribution in [1.29, 1.82) is 0 Å². The van der Waals surface area contributed by atoms with Gasteiger partial charge in [0.15, 0.2) is 6.61 Å². The van der Waals surface area contributed by atoms with Crippen molar-refractivity contribution in [3.05, 3.63) is 57.0 Å². The van der Waals surface area contributed by atoms with Crippen LogP contribution in [0.5, 0.6) is 0 Å². The Morgan fingerprint density at radius 3 is 2.84 bits per heavy atom. The maximum atomic E-state index is 13.5. The van der Waals surface area contributed by atoms with Gasteiger partial charge in [-0.25, -0.2) is 9.18 Å². The van der Waals surface area contributed by atoms with Gasteiger partial charge in [-0.1, -0.05) is 18.2 Å². The van der Waals surface area contributed by atoms with Gasteiger partial charge in [0.25, 0.3) is 5.91 Å². The van der Waals surface area contributed by atoms with Crippen LogP contribution < -0.4 is 5.32 Å². The zero-order chi connectivity index (χ0) is 17.6. The summed E-state index contributed by atoms with van der Waals surface area (Å²) in [6.45, 7) is -0.0219. The molecule has 0 fully saturated rings. The summed E-state index contributed by atoms with van der Waals surface area (Å²) in [5.74, 6) is -1.11. The van der Waals surface area contributed by atoms with Crippen LogP contribution in [0.25, 0.3) is 0 Å². The molecular formula is C19H20FNO3S. The minimum Gasteiger partial charge on any atom is -0.452 e. The highest BCUT2D eigenvalue weighted by Gasteiger charge is 2.21. The molecule has 1 aliphatic carbocycles. The lowest BCUT2D eigenvalue weighted by atomic mass is 9.96.